The van der Waals surface area contributed by atoms with Gasteiger partial charge in [-0.3, -0.25) is 4.79 Å². The number of nitrogens with one attached hydrogen (secondary N) is 3. The maximum absolute atomic E-state index is 11.6. The van der Waals surface area contributed by atoms with E-state index in [9.17, 15) is 4.79 Å². The van der Waals surface area contributed by atoms with Crippen molar-refractivity contribution in [2.24, 2.45) is 4.99 Å². The molecule has 0 saturated heterocycles. The van der Waals surface area contributed by atoms with Crippen LogP contribution in [0.1, 0.15) is 38.3 Å². The third-order valence-electron chi connectivity index (χ3n) is 2.98. The Morgan fingerprint density at radius 2 is 1.83 bits per heavy atom. The molecule has 1 rings (SSSR count). The van der Waals surface area contributed by atoms with Crippen molar-refractivity contribution in [2.75, 3.05) is 13.1 Å². The van der Waals surface area contributed by atoms with Crippen LogP contribution in [0.25, 0.3) is 0 Å². The summed E-state index contributed by atoms with van der Waals surface area (Å²) in [6, 6.07) is 8.51. The number of aryl methyl sites for hydroxylation is 1. The van der Waals surface area contributed by atoms with Crippen molar-refractivity contribution in [3.8, 4) is 0 Å². The van der Waals surface area contributed by atoms with Crippen LogP contribution in [0.2, 0.25) is 0 Å². The molecule has 1 aromatic carbocycles. The van der Waals surface area contributed by atoms with Gasteiger partial charge in [0.05, 0.1) is 6.54 Å². The van der Waals surface area contributed by atoms with E-state index in [0.29, 0.717) is 19.5 Å². The molecule has 3 N–H and O–H groups in total. The molecule has 1 aromatic rings. The number of hydrogen-bond acceptors (Lipinski definition) is 2. The standard InChI is InChI=1S/C17H28N4O.HI/c1-5-18-17(19-11-10-16(22)21-13(2)3)20-12-15-8-6-14(4)7-9-15;/h6-9,13H,5,10-12H2,1-4H3,(H,21,22)(H2,18,19,20);1H. The molecule has 130 valence electrons. The lowest BCUT2D eigenvalue weighted by atomic mass is 10.1. The summed E-state index contributed by atoms with van der Waals surface area (Å²) >= 11 is 0. The van der Waals surface area contributed by atoms with Gasteiger partial charge in [-0.2, -0.15) is 0 Å². The van der Waals surface area contributed by atoms with E-state index in [2.05, 4.69) is 52.1 Å². The van der Waals surface area contributed by atoms with Crippen LogP contribution >= 0.6 is 24.0 Å². The van der Waals surface area contributed by atoms with Gasteiger partial charge in [0, 0.05) is 25.6 Å². The van der Waals surface area contributed by atoms with Crippen LogP contribution in [0.5, 0.6) is 0 Å². The fraction of sp³-hybridized carbons (Fsp3) is 0.529. The van der Waals surface area contributed by atoms with Gasteiger partial charge in [-0.1, -0.05) is 29.8 Å². The predicted molar refractivity (Wildman–Crippen MR) is 107 cm³/mol. The summed E-state index contributed by atoms with van der Waals surface area (Å²) < 4.78 is 0. The lowest BCUT2D eigenvalue weighted by Crippen LogP contribution is -2.40. The molecule has 0 aliphatic rings. The topological polar surface area (TPSA) is 65.5 Å². The third-order valence-corrected chi connectivity index (χ3v) is 2.98. The second-order valence-electron chi connectivity index (χ2n) is 5.58. The Morgan fingerprint density at radius 1 is 1.17 bits per heavy atom. The molecule has 0 saturated carbocycles. The molecule has 0 radical (unpaired) electrons. The first-order chi connectivity index (χ1) is 10.5. The van der Waals surface area contributed by atoms with Gasteiger partial charge in [0.15, 0.2) is 5.96 Å². The SMILES string of the molecule is CCNC(=NCc1ccc(C)cc1)NCCC(=O)NC(C)C.I. The molecule has 6 heteroatoms. The van der Waals surface area contributed by atoms with Crippen LogP contribution in [0, 0.1) is 6.92 Å². The van der Waals surface area contributed by atoms with Gasteiger partial charge < -0.3 is 16.0 Å². The van der Waals surface area contributed by atoms with E-state index < -0.39 is 0 Å². The van der Waals surface area contributed by atoms with Crippen molar-refractivity contribution in [3.05, 3.63) is 35.4 Å². The third kappa shape index (κ3) is 10.1. The minimum absolute atomic E-state index is 0. The van der Waals surface area contributed by atoms with Crippen molar-refractivity contribution in [1.82, 2.24) is 16.0 Å². The minimum atomic E-state index is 0. The first-order valence-electron chi connectivity index (χ1n) is 7.88. The minimum Gasteiger partial charge on any atom is -0.357 e. The molecular formula is C17H29IN4O. The van der Waals surface area contributed by atoms with Gasteiger partial charge in [0.1, 0.15) is 0 Å². The van der Waals surface area contributed by atoms with Crippen LogP contribution in [0.3, 0.4) is 0 Å². The number of halogens is 1. The van der Waals surface area contributed by atoms with Crippen LogP contribution < -0.4 is 16.0 Å². The van der Waals surface area contributed by atoms with Gasteiger partial charge in [0.25, 0.3) is 0 Å². The number of guanidine groups is 1. The van der Waals surface area contributed by atoms with Crippen molar-refractivity contribution >= 4 is 35.8 Å². The van der Waals surface area contributed by atoms with E-state index in [1.54, 1.807) is 0 Å². The Morgan fingerprint density at radius 3 is 2.39 bits per heavy atom. The summed E-state index contributed by atoms with van der Waals surface area (Å²) in [6.07, 6.45) is 0.438. The monoisotopic (exact) mass is 432 g/mol. The molecule has 0 bridgehead atoms. The number of benzene rings is 1. The second-order valence-corrected chi connectivity index (χ2v) is 5.58. The van der Waals surface area contributed by atoms with Crippen molar-refractivity contribution < 1.29 is 4.79 Å². The zero-order valence-corrected chi connectivity index (χ0v) is 16.8. The summed E-state index contributed by atoms with van der Waals surface area (Å²) in [5.41, 5.74) is 2.41. The molecule has 0 aliphatic heterocycles. The Kier molecular flexibility index (Phi) is 11.5. The average Bonchev–Trinajstić information content (AvgIpc) is 2.45. The summed E-state index contributed by atoms with van der Waals surface area (Å²) in [6.45, 7) is 9.98. The predicted octanol–water partition coefficient (Wildman–Crippen LogP) is 2.58. The Bertz CT molecular complexity index is 486. The molecule has 1 amide bonds. The molecule has 0 unspecified atom stereocenters. The van der Waals surface area contributed by atoms with Gasteiger partial charge >= 0.3 is 0 Å². The van der Waals surface area contributed by atoms with Crippen LogP contribution in [0.15, 0.2) is 29.3 Å². The molecule has 0 fully saturated rings. The van der Waals surface area contributed by atoms with Crippen LogP contribution in [0.4, 0.5) is 0 Å². The molecule has 0 heterocycles. The average molecular weight is 432 g/mol. The lowest BCUT2D eigenvalue weighted by Gasteiger charge is -2.12. The quantitative estimate of drug-likeness (QED) is 0.353. The zero-order valence-electron chi connectivity index (χ0n) is 14.5. The summed E-state index contributed by atoms with van der Waals surface area (Å²) in [7, 11) is 0. The molecule has 0 atom stereocenters. The highest BCUT2D eigenvalue weighted by Gasteiger charge is 2.03. The normalized spacial score (nSPS) is 10.9. The van der Waals surface area contributed by atoms with Crippen LogP contribution in [-0.4, -0.2) is 31.0 Å². The van der Waals surface area contributed by atoms with E-state index in [0.717, 1.165) is 12.5 Å². The number of hydrogen-bond donors (Lipinski definition) is 3. The Labute approximate surface area is 156 Å². The molecular weight excluding hydrogens is 403 g/mol. The number of carbonyl (C=O) groups excluding carboxylic acids is 1. The highest BCUT2D eigenvalue weighted by atomic mass is 127. The maximum Gasteiger partial charge on any atom is 0.221 e. The molecule has 0 aromatic heterocycles. The Balaban J connectivity index is 0.00000484. The maximum atomic E-state index is 11.6. The van der Waals surface area contributed by atoms with E-state index in [1.165, 1.54) is 11.1 Å². The van der Waals surface area contributed by atoms with Gasteiger partial charge in [-0.15, -0.1) is 24.0 Å². The van der Waals surface area contributed by atoms with E-state index in [1.807, 2.05) is 20.8 Å². The van der Waals surface area contributed by atoms with Crippen molar-refractivity contribution in [2.45, 2.75) is 46.7 Å². The molecule has 23 heavy (non-hydrogen) atoms. The van der Waals surface area contributed by atoms with Crippen molar-refractivity contribution in [3.63, 3.8) is 0 Å². The summed E-state index contributed by atoms with van der Waals surface area (Å²) in [4.78, 5) is 16.1. The first kappa shape index (κ1) is 21.7. The van der Waals surface area contributed by atoms with Gasteiger partial charge in [-0.25, -0.2) is 4.99 Å². The fourth-order valence-corrected chi connectivity index (χ4v) is 1.89. The second kappa shape index (κ2) is 12.2. The van der Waals surface area contributed by atoms with Gasteiger partial charge in [-0.05, 0) is 33.3 Å². The lowest BCUT2D eigenvalue weighted by molar-refractivity contribution is -0.121. The van der Waals surface area contributed by atoms with Crippen LogP contribution in [-0.2, 0) is 11.3 Å². The number of rotatable bonds is 7. The molecule has 0 aliphatic carbocycles. The van der Waals surface area contributed by atoms with E-state index in [4.69, 9.17) is 0 Å². The molecule has 0 spiro atoms. The zero-order chi connectivity index (χ0) is 16.4. The summed E-state index contributed by atoms with van der Waals surface area (Å²) in [5, 5.41) is 9.24. The number of amides is 1. The van der Waals surface area contributed by atoms with E-state index >= 15 is 0 Å². The highest BCUT2D eigenvalue weighted by Crippen LogP contribution is 2.04. The number of nitrogens with zero attached hydrogens (tertiary/aromatic N) is 1. The smallest absolute Gasteiger partial charge is 0.221 e. The number of aliphatic imine (C=N–C) groups is 1. The largest absolute Gasteiger partial charge is 0.357 e. The molecule has 5 nitrogen and oxygen atoms in total. The first-order valence-corrected chi connectivity index (χ1v) is 7.88. The van der Waals surface area contributed by atoms with E-state index in [-0.39, 0.29) is 35.9 Å². The fourth-order valence-electron chi connectivity index (χ4n) is 1.89. The summed E-state index contributed by atoms with van der Waals surface area (Å²) in [5.74, 6) is 0.789. The van der Waals surface area contributed by atoms with Gasteiger partial charge in [0.2, 0.25) is 5.91 Å². The number of carbonyl (C=O) groups is 1. The highest BCUT2D eigenvalue weighted by molar-refractivity contribution is 14.0. The van der Waals surface area contributed by atoms with Crippen molar-refractivity contribution in [1.29, 1.82) is 0 Å². The Hall–Kier alpha value is -1.31.